The van der Waals surface area contributed by atoms with Crippen LogP contribution >= 0.6 is 39.1 Å². The highest BCUT2D eigenvalue weighted by atomic mass is 79.9. The van der Waals surface area contributed by atoms with Crippen molar-refractivity contribution in [3.05, 3.63) is 115 Å². The molecule has 0 saturated heterocycles. The highest BCUT2D eigenvalue weighted by Gasteiger charge is 2.20. The van der Waals surface area contributed by atoms with E-state index in [0.717, 1.165) is 11.1 Å². The van der Waals surface area contributed by atoms with Crippen molar-refractivity contribution in [2.45, 2.75) is 13.5 Å². The summed E-state index contributed by atoms with van der Waals surface area (Å²) in [6.45, 7) is 2.39. The fraction of sp³-hybridized carbons (Fsp3) is 0.0800. The number of hydrogen-bond donors (Lipinski definition) is 1. The Morgan fingerprint density at radius 3 is 2.36 bits per heavy atom. The van der Waals surface area contributed by atoms with E-state index >= 15 is 0 Å². The molecular weight excluding hydrogens is 525 g/mol. The fourth-order valence-electron chi connectivity index (χ4n) is 3.30. The molecule has 0 bridgehead atoms. The summed E-state index contributed by atoms with van der Waals surface area (Å²) in [4.78, 5) is 26.1. The standard InChI is InChI=1S/C25H18BrCl2N3O2/c1-15-6-9-17(10-7-15)23(32)18-4-2-3-5-19(18)25(33)29-24-20(26)14-31(30-24)13-16-8-11-21(27)22(28)12-16/h2-12,14H,13H2,1H3,(H,29,30,33). The number of anilines is 1. The second-order valence-electron chi connectivity index (χ2n) is 7.47. The van der Waals surface area contributed by atoms with E-state index in [-0.39, 0.29) is 11.3 Å². The Hall–Kier alpha value is -2.93. The average Bonchev–Trinajstić information content (AvgIpc) is 3.14. The Morgan fingerprint density at radius 2 is 1.67 bits per heavy atom. The van der Waals surface area contributed by atoms with E-state index in [1.54, 1.807) is 59.4 Å². The molecule has 0 radical (unpaired) electrons. The number of carbonyl (C=O) groups excluding carboxylic acids is 2. The summed E-state index contributed by atoms with van der Waals surface area (Å²) in [5.74, 6) is -0.297. The van der Waals surface area contributed by atoms with Gasteiger partial charge in [0.25, 0.3) is 5.91 Å². The Morgan fingerprint density at radius 1 is 0.970 bits per heavy atom. The summed E-state index contributed by atoms with van der Waals surface area (Å²) in [7, 11) is 0. The first-order valence-electron chi connectivity index (χ1n) is 10.0. The second-order valence-corrected chi connectivity index (χ2v) is 9.14. The van der Waals surface area contributed by atoms with Crippen LogP contribution < -0.4 is 5.32 Å². The van der Waals surface area contributed by atoms with Gasteiger partial charge in [0.15, 0.2) is 11.6 Å². The summed E-state index contributed by atoms with van der Waals surface area (Å²) in [5.41, 5.74) is 3.08. The van der Waals surface area contributed by atoms with Crippen molar-refractivity contribution in [2.75, 3.05) is 5.32 Å². The first-order chi connectivity index (χ1) is 15.8. The molecule has 0 aliphatic heterocycles. The lowest BCUT2D eigenvalue weighted by Gasteiger charge is -2.09. The van der Waals surface area contributed by atoms with Crippen LogP contribution in [-0.2, 0) is 6.54 Å². The van der Waals surface area contributed by atoms with Gasteiger partial charge in [0, 0.05) is 17.3 Å². The van der Waals surface area contributed by atoms with Gasteiger partial charge in [-0.25, -0.2) is 0 Å². The second kappa shape index (κ2) is 9.91. The van der Waals surface area contributed by atoms with Crippen molar-refractivity contribution in [1.29, 1.82) is 0 Å². The quantitative estimate of drug-likeness (QED) is 0.273. The maximum absolute atomic E-state index is 13.1. The highest BCUT2D eigenvalue weighted by molar-refractivity contribution is 9.10. The van der Waals surface area contributed by atoms with Gasteiger partial charge >= 0.3 is 0 Å². The Bertz CT molecular complexity index is 1350. The lowest BCUT2D eigenvalue weighted by molar-refractivity contribution is 0.0996. The minimum atomic E-state index is -0.424. The molecule has 0 aliphatic carbocycles. The zero-order valence-corrected chi connectivity index (χ0v) is 20.6. The molecule has 0 saturated carbocycles. The number of nitrogens with one attached hydrogen (secondary N) is 1. The van der Waals surface area contributed by atoms with Crippen LogP contribution in [0.1, 0.15) is 37.4 Å². The molecule has 4 aromatic rings. The third kappa shape index (κ3) is 5.36. The molecule has 3 aromatic carbocycles. The number of rotatable bonds is 6. The lowest BCUT2D eigenvalue weighted by atomic mass is 9.97. The van der Waals surface area contributed by atoms with Crippen LogP contribution in [0, 0.1) is 6.92 Å². The van der Waals surface area contributed by atoms with Crippen LogP contribution in [0.25, 0.3) is 0 Å². The molecule has 0 fully saturated rings. The first-order valence-corrected chi connectivity index (χ1v) is 11.6. The zero-order valence-electron chi connectivity index (χ0n) is 17.5. The van der Waals surface area contributed by atoms with Crippen LogP contribution in [0.4, 0.5) is 5.82 Å². The monoisotopic (exact) mass is 541 g/mol. The third-order valence-electron chi connectivity index (χ3n) is 5.01. The van der Waals surface area contributed by atoms with E-state index in [4.69, 9.17) is 23.2 Å². The predicted molar refractivity (Wildman–Crippen MR) is 134 cm³/mol. The molecule has 0 atom stereocenters. The smallest absolute Gasteiger partial charge is 0.257 e. The van der Waals surface area contributed by atoms with E-state index in [1.807, 2.05) is 25.1 Å². The summed E-state index contributed by atoms with van der Waals surface area (Å²) >= 11 is 15.5. The molecule has 1 amide bonds. The van der Waals surface area contributed by atoms with Crippen LogP contribution in [0.2, 0.25) is 10.0 Å². The summed E-state index contributed by atoms with van der Waals surface area (Å²) in [5, 5.41) is 8.18. The van der Waals surface area contributed by atoms with Crippen molar-refractivity contribution in [2.24, 2.45) is 0 Å². The lowest BCUT2D eigenvalue weighted by Crippen LogP contribution is -2.17. The SMILES string of the molecule is Cc1ccc(C(=O)c2ccccc2C(=O)Nc2nn(Cc3ccc(Cl)c(Cl)c3)cc2Br)cc1. The molecule has 0 unspecified atom stereocenters. The minimum Gasteiger partial charge on any atom is -0.304 e. The number of halogens is 3. The van der Waals surface area contributed by atoms with Gasteiger partial charge in [0.2, 0.25) is 0 Å². The number of aryl methyl sites for hydroxylation is 1. The number of nitrogens with zero attached hydrogens (tertiary/aromatic N) is 2. The van der Waals surface area contributed by atoms with Gasteiger partial charge in [0.1, 0.15) is 0 Å². The third-order valence-corrected chi connectivity index (χ3v) is 6.33. The zero-order chi connectivity index (χ0) is 23.5. The highest BCUT2D eigenvalue weighted by Crippen LogP contribution is 2.25. The van der Waals surface area contributed by atoms with Crippen molar-refractivity contribution in [1.82, 2.24) is 9.78 Å². The first kappa shape index (κ1) is 23.2. The number of carbonyl (C=O) groups is 2. The molecule has 0 spiro atoms. The Balaban J connectivity index is 1.55. The van der Waals surface area contributed by atoms with Gasteiger partial charge in [-0.1, -0.05) is 77.3 Å². The molecule has 5 nitrogen and oxygen atoms in total. The molecule has 4 rings (SSSR count). The minimum absolute atomic E-state index is 0.218. The van der Waals surface area contributed by atoms with E-state index in [0.29, 0.717) is 38.0 Å². The van der Waals surface area contributed by atoms with Gasteiger partial charge in [-0.2, -0.15) is 5.10 Å². The number of ketones is 1. The molecular formula is C25H18BrCl2N3O2. The Kier molecular flexibility index (Phi) is 6.98. The Labute approximate surface area is 209 Å². The van der Waals surface area contributed by atoms with Crippen LogP contribution in [0.3, 0.4) is 0 Å². The van der Waals surface area contributed by atoms with E-state index in [9.17, 15) is 9.59 Å². The topological polar surface area (TPSA) is 64.0 Å². The maximum atomic E-state index is 13.1. The van der Waals surface area contributed by atoms with Crippen molar-refractivity contribution < 1.29 is 9.59 Å². The molecule has 1 aromatic heterocycles. The summed E-state index contributed by atoms with van der Waals surface area (Å²) in [6, 6.07) is 19.3. The van der Waals surface area contributed by atoms with E-state index in [2.05, 4.69) is 26.3 Å². The number of benzene rings is 3. The van der Waals surface area contributed by atoms with Gasteiger partial charge in [-0.15, -0.1) is 0 Å². The van der Waals surface area contributed by atoms with Gasteiger partial charge in [-0.3, -0.25) is 14.3 Å². The molecule has 8 heteroatoms. The normalized spacial score (nSPS) is 10.8. The van der Waals surface area contributed by atoms with Crippen LogP contribution in [-0.4, -0.2) is 21.5 Å². The molecule has 0 aliphatic rings. The van der Waals surface area contributed by atoms with Crippen molar-refractivity contribution in [3.8, 4) is 0 Å². The number of amides is 1. The van der Waals surface area contributed by atoms with Crippen LogP contribution in [0.5, 0.6) is 0 Å². The van der Waals surface area contributed by atoms with Gasteiger partial charge < -0.3 is 5.32 Å². The summed E-state index contributed by atoms with van der Waals surface area (Å²) in [6.07, 6.45) is 1.75. The predicted octanol–water partition coefficient (Wildman–Crippen LogP) is 6.79. The molecule has 1 heterocycles. The molecule has 166 valence electrons. The van der Waals surface area contributed by atoms with Gasteiger partial charge in [-0.05, 0) is 46.6 Å². The molecule has 1 N–H and O–H groups in total. The summed E-state index contributed by atoms with van der Waals surface area (Å²) < 4.78 is 2.28. The average molecular weight is 543 g/mol. The number of aromatic nitrogens is 2. The largest absolute Gasteiger partial charge is 0.304 e. The van der Waals surface area contributed by atoms with Gasteiger partial charge in [0.05, 0.1) is 26.6 Å². The van der Waals surface area contributed by atoms with Crippen molar-refractivity contribution >= 4 is 56.6 Å². The molecule has 33 heavy (non-hydrogen) atoms. The fourth-order valence-corrected chi connectivity index (χ4v) is 4.04. The number of hydrogen-bond acceptors (Lipinski definition) is 3. The van der Waals surface area contributed by atoms with Crippen molar-refractivity contribution in [3.63, 3.8) is 0 Å². The van der Waals surface area contributed by atoms with E-state index in [1.165, 1.54) is 0 Å². The van der Waals surface area contributed by atoms with E-state index < -0.39 is 5.91 Å². The van der Waals surface area contributed by atoms with Crippen LogP contribution in [0.15, 0.2) is 77.4 Å². The maximum Gasteiger partial charge on any atom is 0.257 e.